The summed E-state index contributed by atoms with van der Waals surface area (Å²) in [5, 5.41) is 7.71. The van der Waals surface area contributed by atoms with E-state index in [4.69, 9.17) is 5.73 Å². The molecule has 3 N–H and O–H groups in total. The maximum atomic E-state index is 13.2. The van der Waals surface area contributed by atoms with Gasteiger partial charge in [-0.1, -0.05) is 12.8 Å². The Morgan fingerprint density at radius 2 is 1.93 bits per heavy atom. The summed E-state index contributed by atoms with van der Waals surface area (Å²) in [6.07, 6.45) is 4.72. The molecule has 3 rings (SSSR count). The number of rotatable bonds is 5. The predicted molar refractivity (Wildman–Crippen MR) is 107 cm³/mol. The number of aromatic nitrogens is 2. The largest absolute Gasteiger partial charge is 0.353 e. The first-order valence-corrected chi connectivity index (χ1v) is 9.30. The highest BCUT2D eigenvalue weighted by Gasteiger charge is 2.26. The van der Waals surface area contributed by atoms with Gasteiger partial charge in [0, 0.05) is 17.3 Å². The third kappa shape index (κ3) is 4.87. The Labute approximate surface area is 165 Å². The number of amides is 1. The summed E-state index contributed by atoms with van der Waals surface area (Å²) in [6.45, 7) is 4.46. The number of nitrogens with two attached hydrogens (primary N) is 1. The fourth-order valence-electron chi connectivity index (χ4n) is 3.86. The van der Waals surface area contributed by atoms with Gasteiger partial charge in [-0.3, -0.25) is 4.79 Å². The minimum Gasteiger partial charge on any atom is -0.353 e. The van der Waals surface area contributed by atoms with E-state index in [-0.39, 0.29) is 30.2 Å². The molecule has 1 aliphatic carbocycles. The third-order valence-electron chi connectivity index (χ3n) is 5.41. The van der Waals surface area contributed by atoms with Crippen LogP contribution in [0.1, 0.15) is 42.6 Å². The van der Waals surface area contributed by atoms with Crippen LogP contribution in [0.4, 0.5) is 4.39 Å². The number of aryl methyl sites for hydroxylation is 1. The molecular formula is C20H28ClFN4O. The summed E-state index contributed by atoms with van der Waals surface area (Å²) < 4.78 is 14.9. The molecule has 2 atom stereocenters. The molecular weight excluding hydrogens is 367 g/mol. The van der Waals surface area contributed by atoms with Crippen LogP contribution in [0, 0.1) is 25.6 Å². The van der Waals surface area contributed by atoms with Crippen LogP contribution in [0.3, 0.4) is 0 Å². The van der Waals surface area contributed by atoms with Crippen molar-refractivity contribution in [1.29, 1.82) is 0 Å². The van der Waals surface area contributed by atoms with Gasteiger partial charge in [0.05, 0.1) is 17.8 Å². The molecule has 148 valence electrons. The van der Waals surface area contributed by atoms with E-state index in [1.54, 1.807) is 16.8 Å². The second-order valence-electron chi connectivity index (χ2n) is 7.17. The van der Waals surface area contributed by atoms with E-state index in [0.29, 0.717) is 18.9 Å². The van der Waals surface area contributed by atoms with Crippen LogP contribution in [0.2, 0.25) is 0 Å². The maximum absolute atomic E-state index is 13.2. The highest BCUT2D eigenvalue weighted by atomic mass is 35.5. The zero-order chi connectivity index (χ0) is 18.7. The number of carbonyl (C=O) groups excluding carboxylic acids is 1. The molecule has 2 aromatic rings. The van der Waals surface area contributed by atoms with Crippen LogP contribution in [0.25, 0.3) is 5.69 Å². The highest BCUT2D eigenvalue weighted by molar-refractivity contribution is 5.85. The molecule has 0 spiro atoms. The summed E-state index contributed by atoms with van der Waals surface area (Å²) in [7, 11) is 0. The normalized spacial score (nSPS) is 19.4. The molecule has 0 saturated heterocycles. The van der Waals surface area contributed by atoms with Crippen molar-refractivity contribution in [2.45, 2.75) is 52.0 Å². The Morgan fingerprint density at radius 1 is 1.26 bits per heavy atom. The summed E-state index contributed by atoms with van der Waals surface area (Å²) >= 11 is 0. The standard InChI is InChI=1S/C20H27FN4O.ClH/c1-13-18(11-20(26)23-19-6-4-3-5-15(19)12-22)14(2)25(24-13)17-9-7-16(21)8-10-17;/h7-10,15,19H,3-6,11-12,22H2,1-2H3,(H,23,26);1H. The summed E-state index contributed by atoms with van der Waals surface area (Å²) in [5.41, 5.74) is 9.29. The second-order valence-corrected chi connectivity index (χ2v) is 7.17. The Kier molecular flexibility index (Phi) is 7.39. The molecule has 2 unspecified atom stereocenters. The molecule has 1 aromatic carbocycles. The van der Waals surface area contributed by atoms with Crippen molar-refractivity contribution in [3.63, 3.8) is 0 Å². The second kappa shape index (κ2) is 9.33. The molecule has 1 saturated carbocycles. The van der Waals surface area contributed by atoms with Gasteiger partial charge >= 0.3 is 0 Å². The number of nitrogens with zero attached hydrogens (tertiary/aromatic N) is 2. The molecule has 1 amide bonds. The summed E-state index contributed by atoms with van der Waals surface area (Å²) in [5.74, 6) is 0.105. The lowest BCUT2D eigenvalue weighted by Crippen LogP contribution is -2.45. The van der Waals surface area contributed by atoms with Crippen molar-refractivity contribution in [2.24, 2.45) is 11.7 Å². The van der Waals surface area contributed by atoms with Gasteiger partial charge in [-0.2, -0.15) is 5.10 Å². The van der Waals surface area contributed by atoms with Crippen molar-refractivity contribution in [1.82, 2.24) is 15.1 Å². The molecule has 1 aliphatic rings. The average Bonchev–Trinajstić information content (AvgIpc) is 2.91. The highest BCUT2D eigenvalue weighted by Crippen LogP contribution is 2.24. The lowest BCUT2D eigenvalue weighted by Gasteiger charge is -2.31. The summed E-state index contributed by atoms with van der Waals surface area (Å²) in [6, 6.07) is 6.37. The van der Waals surface area contributed by atoms with Crippen molar-refractivity contribution in [3.8, 4) is 5.69 Å². The van der Waals surface area contributed by atoms with Gasteiger partial charge in [0.2, 0.25) is 5.91 Å². The van der Waals surface area contributed by atoms with Crippen LogP contribution >= 0.6 is 12.4 Å². The number of benzene rings is 1. The van der Waals surface area contributed by atoms with Crippen LogP contribution in [0.15, 0.2) is 24.3 Å². The van der Waals surface area contributed by atoms with Crippen LogP contribution in [-0.4, -0.2) is 28.3 Å². The van der Waals surface area contributed by atoms with Crippen molar-refractivity contribution in [2.75, 3.05) is 6.54 Å². The zero-order valence-corrected chi connectivity index (χ0v) is 16.7. The third-order valence-corrected chi connectivity index (χ3v) is 5.41. The molecule has 5 nitrogen and oxygen atoms in total. The molecule has 1 aromatic heterocycles. The van der Waals surface area contributed by atoms with Crippen molar-refractivity contribution >= 4 is 18.3 Å². The van der Waals surface area contributed by atoms with Crippen molar-refractivity contribution in [3.05, 3.63) is 47.0 Å². The fourth-order valence-corrected chi connectivity index (χ4v) is 3.86. The van der Waals surface area contributed by atoms with E-state index in [0.717, 1.165) is 41.9 Å². The Bertz CT molecular complexity index is 775. The van der Waals surface area contributed by atoms with Gasteiger partial charge in [0.1, 0.15) is 5.82 Å². The minimum atomic E-state index is -0.281. The van der Waals surface area contributed by atoms with Gasteiger partial charge in [-0.05, 0) is 63.4 Å². The quantitative estimate of drug-likeness (QED) is 0.817. The Hall–Kier alpha value is -1.92. The van der Waals surface area contributed by atoms with Crippen LogP contribution < -0.4 is 11.1 Å². The average molecular weight is 395 g/mol. The number of halogens is 2. The van der Waals surface area contributed by atoms with E-state index in [1.165, 1.54) is 18.6 Å². The molecule has 0 aliphatic heterocycles. The molecule has 1 heterocycles. The van der Waals surface area contributed by atoms with E-state index in [9.17, 15) is 9.18 Å². The molecule has 1 fully saturated rings. The maximum Gasteiger partial charge on any atom is 0.224 e. The monoisotopic (exact) mass is 394 g/mol. The number of nitrogens with one attached hydrogen (secondary N) is 1. The first-order valence-electron chi connectivity index (χ1n) is 9.30. The van der Waals surface area contributed by atoms with Gasteiger partial charge in [-0.15, -0.1) is 12.4 Å². The lowest BCUT2D eigenvalue weighted by atomic mass is 9.84. The molecule has 27 heavy (non-hydrogen) atoms. The summed E-state index contributed by atoms with van der Waals surface area (Å²) in [4.78, 5) is 12.6. The molecule has 0 bridgehead atoms. The van der Waals surface area contributed by atoms with Gasteiger partial charge in [-0.25, -0.2) is 9.07 Å². The van der Waals surface area contributed by atoms with E-state index >= 15 is 0 Å². The van der Waals surface area contributed by atoms with E-state index in [2.05, 4.69) is 10.4 Å². The number of hydrogen-bond acceptors (Lipinski definition) is 3. The van der Waals surface area contributed by atoms with E-state index < -0.39 is 0 Å². The Balaban J connectivity index is 0.00000261. The van der Waals surface area contributed by atoms with Gasteiger partial charge in [0.15, 0.2) is 0 Å². The Morgan fingerprint density at radius 3 is 2.59 bits per heavy atom. The SMILES string of the molecule is Cc1nn(-c2ccc(F)cc2)c(C)c1CC(=O)NC1CCCCC1CN.Cl. The zero-order valence-electron chi connectivity index (χ0n) is 15.9. The predicted octanol–water partition coefficient (Wildman–Crippen LogP) is 3.23. The minimum absolute atomic E-state index is 0. The fraction of sp³-hybridized carbons (Fsp3) is 0.500. The van der Waals surface area contributed by atoms with Gasteiger partial charge < -0.3 is 11.1 Å². The topological polar surface area (TPSA) is 72.9 Å². The molecule has 0 radical (unpaired) electrons. The first-order chi connectivity index (χ1) is 12.5. The van der Waals surface area contributed by atoms with Gasteiger partial charge in [0.25, 0.3) is 0 Å². The van der Waals surface area contributed by atoms with Crippen LogP contribution in [-0.2, 0) is 11.2 Å². The van der Waals surface area contributed by atoms with Crippen LogP contribution in [0.5, 0.6) is 0 Å². The first kappa shape index (κ1) is 21.4. The lowest BCUT2D eigenvalue weighted by molar-refractivity contribution is -0.121. The smallest absolute Gasteiger partial charge is 0.224 e. The van der Waals surface area contributed by atoms with E-state index in [1.807, 2.05) is 13.8 Å². The number of hydrogen-bond donors (Lipinski definition) is 2. The number of carbonyl (C=O) groups is 1. The molecule has 7 heteroatoms. The van der Waals surface area contributed by atoms with Crippen molar-refractivity contribution < 1.29 is 9.18 Å².